The molecule has 0 fully saturated rings. The number of nitro benzene ring substituents is 1. The van der Waals surface area contributed by atoms with Crippen molar-refractivity contribution in [2.75, 3.05) is 0 Å². The van der Waals surface area contributed by atoms with Crippen LogP contribution in [0.15, 0.2) is 48.5 Å². The number of hydrogen-bond donors (Lipinski definition) is 0. The van der Waals surface area contributed by atoms with E-state index in [9.17, 15) is 10.1 Å². The number of nitro groups is 1. The molecule has 4 nitrogen and oxygen atoms in total. The van der Waals surface area contributed by atoms with Gasteiger partial charge in [-0.25, -0.2) is 0 Å². The van der Waals surface area contributed by atoms with Gasteiger partial charge in [-0.2, -0.15) is 5.26 Å². The maximum atomic E-state index is 10.8. The van der Waals surface area contributed by atoms with E-state index in [-0.39, 0.29) is 11.3 Å². The predicted molar refractivity (Wildman–Crippen MR) is 81.7 cm³/mol. The second-order valence-electron chi connectivity index (χ2n) is 4.74. The minimum atomic E-state index is -0.543. The molecule has 2 rings (SSSR count). The molecular weight excluding hydrogens is 264 g/mol. The Morgan fingerprint density at radius 3 is 2.57 bits per heavy atom. The van der Waals surface area contributed by atoms with E-state index in [0.29, 0.717) is 0 Å². The van der Waals surface area contributed by atoms with E-state index >= 15 is 0 Å². The molecule has 21 heavy (non-hydrogen) atoms. The topological polar surface area (TPSA) is 66.9 Å². The third kappa shape index (κ3) is 3.77. The van der Waals surface area contributed by atoms with Crippen molar-refractivity contribution in [1.82, 2.24) is 0 Å². The quantitative estimate of drug-likeness (QED) is 0.626. The maximum Gasteiger partial charge on any atom is 0.287 e. The highest BCUT2D eigenvalue weighted by atomic mass is 16.6. The van der Waals surface area contributed by atoms with Gasteiger partial charge >= 0.3 is 0 Å². The Morgan fingerprint density at radius 2 is 1.95 bits per heavy atom. The molecule has 0 aliphatic carbocycles. The van der Waals surface area contributed by atoms with Crippen molar-refractivity contribution in [2.24, 2.45) is 0 Å². The van der Waals surface area contributed by atoms with Crippen LogP contribution in [0.3, 0.4) is 0 Å². The molecule has 0 heterocycles. The van der Waals surface area contributed by atoms with E-state index in [1.54, 1.807) is 6.07 Å². The molecule has 0 saturated carbocycles. The van der Waals surface area contributed by atoms with Crippen LogP contribution >= 0.6 is 0 Å². The zero-order valence-corrected chi connectivity index (χ0v) is 11.6. The summed E-state index contributed by atoms with van der Waals surface area (Å²) in [4.78, 5) is 10.2. The Kier molecular flexibility index (Phi) is 4.47. The van der Waals surface area contributed by atoms with Gasteiger partial charge in [0, 0.05) is 6.07 Å². The molecule has 2 aromatic carbocycles. The molecule has 0 atom stereocenters. The molecule has 0 aliphatic heterocycles. The van der Waals surface area contributed by atoms with Crippen molar-refractivity contribution in [3.05, 3.63) is 80.9 Å². The predicted octanol–water partition coefficient (Wildman–Crippen LogP) is 4.03. The third-order valence-corrected chi connectivity index (χ3v) is 3.12. The second-order valence-corrected chi connectivity index (χ2v) is 4.74. The minimum Gasteiger partial charge on any atom is -0.258 e. The van der Waals surface area contributed by atoms with Gasteiger partial charge in [0.25, 0.3) is 5.69 Å². The van der Waals surface area contributed by atoms with Crippen LogP contribution < -0.4 is 0 Å². The first-order valence-corrected chi connectivity index (χ1v) is 6.51. The standard InChI is InChI=1S/C17H14N2O2/c1-13-5-7-14(8-6-13)3-2-4-15-9-10-17(19(20)21)16(11-15)12-18/h2,4-11H,3H2,1H3. The average molecular weight is 278 g/mol. The largest absolute Gasteiger partial charge is 0.287 e. The number of nitrogens with zero attached hydrogens (tertiary/aromatic N) is 2. The fourth-order valence-corrected chi connectivity index (χ4v) is 1.96. The molecule has 4 heteroatoms. The van der Waals surface area contributed by atoms with E-state index < -0.39 is 4.92 Å². The Morgan fingerprint density at radius 1 is 1.24 bits per heavy atom. The van der Waals surface area contributed by atoms with Gasteiger partial charge in [-0.05, 0) is 36.6 Å². The Labute approximate surface area is 123 Å². The summed E-state index contributed by atoms with van der Waals surface area (Å²) in [5, 5.41) is 19.7. The van der Waals surface area contributed by atoms with Crippen LogP contribution in [0.25, 0.3) is 6.08 Å². The van der Waals surface area contributed by atoms with Gasteiger partial charge in [0.2, 0.25) is 0 Å². The second kappa shape index (κ2) is 6.49. The van der Waals surface area contributed by atoms with Crippen molar-refractivity contribution in [3.63, 3.8) is 0 Å². The van der Waals surface area contributed by atoms with Crippen molar-refractivity contribution in [1.29, 1.82) is 5.26 Å². The molecule has 0 N–H and O–H groups in total. The number of benzene rings is 2. The fourth-order valence-electron chi connectivity index (χ4n) is 1.96. The Balaban J connectivity index is 2.13. The Hall–Kier alpha value is -2.93. The molecule has 0 amide bonds. The number of allylic oxidation sites excluding steroid dienone is 1. The number of rotatable bonds is 4. The lowest BCUT2D eigenvalue weighted by Gasteiger charge is -1.99. The van der Waals surface area contributed by atoms with Crippen molar-refractivity contribution in [2.45, 2.75) is 13.3 Å². The molecule has 0 bridgehead atoms. The molecule has 0 unspecified atom stereocenters. The molecule has 0 aliphatic rings. The lowest BCUT2D eigenvalue weighted by Crippen LogP contribution is -1.92. The molecule has 0 radical (unpaired) electrons. The molecule has 0 spiro atoms. The number of hydrogen-bond acceptors (Lipinski definition) is 3. The minimum absolute atomic E-state index is 0.0810. The van der Waals surface area contributed by atoms with Crippen LogP contribution in [-0.2, 0) is 6.42 Å². The van der Waals surface area contributed by atoms with E-state index in [1.165, 1.54) is 23.3 Å². The lowest BCUT2D eigenvalue weighted by atomic mass is 10.1. The SMILES string of the molecule is Cc1ccc(CC=Cc2ccc([N+](=O)[O-])c(C#N)c2)cc1. The van der Waals surface area contributed by atoms with Gasteiger partial charge in [0.05, 0.1) is 4.92 Å². The molecule has 104 valence electrons. The summed E-state index contributed by atoms with van der Waals surface area (Å²) in [6.07, 6.45) is 4.62. The molecule has 2 aromatic rings. The third-order valence-electron chi connectivity index (χ3n) is 3.12. The van der Waals surface area contributed by atoms with Crippen LogP contribution in [0.5, 0.6) is 0 Å². The van der Waals surface area contributed by atoms with Gasteiger partial charge in [-0.1, -0.05) is 42.0 Å². The molecular formula is C17H14N2O2. The summed E-state index contributed by atoms with van der Waals surface area (Å²) < 4.78 is 0. The van der Waals surface area contributed by atoms with Gasteiger partial charge in [0.15, 0.2) is 0 Å². The average Bonchev–Trinajstić information content (AvgIpc) is 2.49. The highest BCUT2D eigenvalue weighted by Gasteiger charge is 2.12. The summed E-state index contributed by atoms with van der Waals surface area (Å²) in [6.45, 7) is 2.04. The first-order chi connectivity index (χ1) is 10.1. The normalized spacial score (nSPS) is 10.5. The summed E-state index contributed by atoms with van der Waals surface area (Å²) in [7, 11) is 0. The summed E-state index contributed by atoms with van der Waals surface area (Å²) in [5.74, 6) is 0. The van der Waals surface area contributed by atoms with E-state index in [4.69, 9.17) is 5.26 Å². The molecule has 0 saturated heterocycles. The van der Waals surface area contributed by atoms with Crippen LogP contribution in [-0.4, -0.2) is 4.92 Å². The van der Waals surface area contributed by atoms with E-state index in [2.05, 4.69) is 24.3 Å². The first-order valence-electron chi connectivity index (χ1n) is 6.51. The lowest BCUT2D eigenvalue weighted by molar-refractivity contribution is -0.385. The van der Waals surface area contributed by atoms with Gasteiger partial charge < -0.3 is 0 Å². The molecule has 0 aromatic heterocycles. The number of nitriles is 1. The zero-order chi connectivity index (χ0) is 15.2. The van der Waals surface area contributed by atoms with Gasteiger partial charge in [-0.3, -0.25) is 10.1 Å². The van der Waals surface area contributed by atoms with Crippen molar-refractivity contribution >= 4 is 11.8 Å². The van der Waals surface area contributed by atoms with Crippen LogP contribution in [0.4, 0.5) is 5.69 Å². The van der Waals surface area contributed by atoms with Crippen LogP contribution in [0.2, 0.25) is 0 Å². The summed E-state index contributed by atoms with van der Waals surface area (Å²) in [6, 6.07) is 14.6. The van der Waals surface area contributed by atoms with Crippen molar-refractivity contribution in [3.8, 4) is 6.07 Å². The van der Waals surface area contributed by atoms with E-state index in [0.717, 1.165) is 12.0 Å². The zero-order valence-electron chi connectivity index (χ0n) is 11.6. The highest BCUT2D eigenvalue weighted by molar-refractivity contribution is 5.59. The maximum absolute atomic E-state index is 10.8. The van der Waals surface area contributed by atoms with E-state index in [1.807, 2.05) is 25.1 Å². The Bertz CT molecular complexity index is 725. The van der Waals surface area contributed by atoms with Gasteiger partial charge in [0.1, 0.15) is 11.6 Å². The van der Waals surface area contributed by atoms with Crippen LogP contribution in [0.1, 0.15) is 22.3 Å². The summed E-state index contributed by atoms with van der Waals surface area (Å²) in [5.41, 5.74) is 3.12. The van der Waals surface area contributed by atoms with Crippen LogP contribution in [0, 0.1) is 28.4 Å². The fraction of sp³-hybridized carbons (Fsp3) is 0.118. The van der Waals surface area contributed by atoms with Gasteiger partial charge in [-0.15, -0.1) is 0 Å². The first kappa shape index (κ1) is 14.5. The monoisotopic (exact) mass is 278 g/mol. The highest BCUT2D eigenvalue weighted by Crippen LogP contribution is 2.19. The number of aryl methyl sites for hydroxylation is 1. The van der Waals surface area contributed by atoms with Crippen molar-refractivity contribution < 1.29 is 4.92 Å². The smallest absolute Gasteiger partial charge is 0.258 e. The summed E-state index contributed by atoms with van der Waals surface area (Å²) >= 11 is 0.